The summed E-state index contributed by atoms with van der Waals surface area (Å²) in [6.07, 6.45) is 3.13. The van der Waals surface area contributed by atoms with Crippen LogP contribution in [0.15, 0.2) is 0 Å². The predicted octanol–water partition coefficient (Wildman–Crippen LogP) is 1.99. The molecule has 0 aromatic rings. The minimum absolute atomic E-state index is 0.291. The molecule has 0 spiro atoms. The molecule has 0 aliphatic carbocycles. The molecule has 0 fully saturated rings. The van der Waals surface area contributed by atoms with Gasteiger partial charge in [0.1, 0.15) is 0 Å². The third kappa shape index (κ3) is 8.68. The maximum Gasteiger partial charge on any atom is 0.303 e. The van der Waals surface area contributed by atoms with Gasteiger partial charge in [0.2, 0.25) is 0 Å². The Hall–Kier alpha value is -0.610. The van der Waals surface area contributed by atoms with Gasteiger partial charge in [-0.1, -0.05) is 6.42 Å². The lowest BCUT2D eigenvalue weighted by Crippen LogP contribution is -2.34. The quantitative estimate of drug-likeness (QED) is 0.584. The highest BCUT2D eigenvalue weighted by Gasteiger charge is 2.08. The molecule has 0 heterocycles. The smallest absolute Gasteiger partial charge is 0.303 e. The van der Waals surface area contributed by atoms with Gasteiger partial charge in [-0.2, -0.15) is 0 Å². The molecule has 0 saturated heterocycles. The monoisotopic (exact) mass is 231 g/mol. The van der Waals surface area contributed by atoms with Crippen molar-refractivity contribution in [2.75, 3.05) is 26.8 Å². The molecule has 0 atom stereocenters. The summed E-state index contributed by atoms with van der Waals surface area (Å²) < 4.78 is 5.06. The summed E-state index contributed by atoms with van der Waals surface area (Å²) in [7, 11) is 1.71. The first kappa shape index (κ1) is 15.4. The number of hydrogen-bond acceptors (Lipinski definition) is 3. The summed E-state index contributed by atoms with van der Waals surface area (Å²) in [5.74, 6) is -0.694. The average molecular weight is 231 g/mol. The fraction of sp³-hybridized carbons (Fsp3) is 0.917. The Kier molecular flexibility index (Phi) is 9.24. The van der Waals surface area contributed by atoms with Gasteiger partial charge in [0.15, 0.2) is 0 Å². The Morgan fingerprint density at radius 1 is 1.25 bits per heavy atom. The van der Waals surface area contributed by atoms with Gasteiger partial charge in [-0.3, -0.25) is 9.69 Å². The van der Waals surface area contributed by atoms with Crippen molar-refractivity contribution in [3.63, 3.8) is 0 Å². The molecule has 4 nitrogen and oxygen atoms in total. The second-order valence-electron chi connectivity index (χ2n) is 4.33. The fourth-order valence-electron chi connectivity index (χ4n) is 1.60. The van der Waals surface area contributed by atoms with Crippen LogP contribution in [0.2, 0.25) is 0 Å². The molecular formula is C12H25NO3. The molecule has 0 aliphatic rings. The van der Waals surface area contributed by atoms with E-state index in [9.17, 15) is 4.79 Å². The molecule has 0 aromatic heterocycles. The molecule has 4 heteroatoms. The lowest BCUT2D eigenvalue weighted by Gasteiger charge is -2.25. The van der Waals surface area contributed by atoms with Crippen molar-refractivity contribution < 1.29 is 14.6 Å². The van der Waals surface area contributed by atoms with Crippen LogP contribution < -0.4 is 0 Å². The lowest BCUT2D eigenvalue weighted by molar-refractivity contribution is -0.137. The number of aliphatic carboxylic acids is 1. The van der Waals surface area contributed by atoms with E-state index in [1.54, 1.807) is 7.11 Å². The van der Waals surface area contributed by atoms with Crippen LogP contribution in [0, 0.1) is 0 Å². The Labute approximate surface area is 98.6 Å². The molecule has 96 valence electrons. The highest BCUT2D eigenvalue weighted by Crippen LogP contribution is 2.05. The summed E-state index contributed by atoms with van der Waals surface area (Å²) >= 11 is 0. The number of carboxylic acids is 1. The van der Waals surface area contributed by atoms with E-state index < -0.39 is 5.97 Å². The van der Waals surface area contributed by atoms with Crippen LogP contribution in [0.3, 0.4) is 0 Å². The summed E-state index contributed by atoms with van der Waals surface area (Å²) in [4.78, 5) is 12.7. The van der Waals surface area contributed by atoms with Crippen LogP contribution in [0.1, 0.15) is 39.5 Å². The third-order valence-corrected chi connectivity index (χ3v) is 2.65. The van der Waals surface area contributed by atoms with E-state index in [1.165, 1.54) is 0 Å². The standard InChI is InChI=1S/C12H25NO3/c1-11(2)13(9-10-16-3)8-6-4-5-7-12(14)15/h11H,4-10H2,1-3H3,(H,14,15). The minimum atomic E-state index is -0.694. The van der Waals surface area contributed by atoms with Gasteiger partial charge in [-0.05, 0) is 33.2 Å². The van der Waals surface area contributed by atoms with Gasteiger partial charge in [-0.15, -0.1) is 0 Å². The Morgan fingerprint density at radius 3 is 2.44 bits per heavy atom. The third-order valence-electron chi connectivity index (χ3n) is 2.65. The number of carboxylic acid groups (broad SMARTS) is 1. The lowest BCUT2D eigenvalue weighted by atomic mass is 10.2. The van der Waals surface area contributed by atoms with Gasteiger partial charge in [0.05, 0.1) is 6.61 Å². The van der Waals surface area contributed by atoms with Crippen LogP contribution in [0.4, 0.5) is 0 Å². The van der Waals surface area contributed by atoms with Crippen LogP contribution in [-0.2, 0) is 9.53 Å². The topological polar surface area (TPSA) is 49.8 Å². The van der Waals surface area contributed by atoms with E-state index in [-0.39, 0.29) is 0 Å². The Morgan fingerprint density at radius 2 is 1.94 bits per heavy atom. The SMILES string of the molecule is COCCN(CCCCCC(=O)O)C(C)C. The summed E-state index contributed by atoms with van der Waals surface area (Å²) in [6, 6.07) is 0.523. The Balaban J connectivity index is 3.55. The molecule has 1 N–H and O–H groups in total. The number of ether oxygens (including phenoxy) is 1. The van der Waals surface area contributed by atoms with E-state index >= 15 is 0 Å². The minimum Gasteiger partial charge on any atom is -0.481 e. The van der Waals surface area contributed by atoms with Crippen molar-refractivity contribution >= 4 is 5.97 Å². The first-order valence-electron chi connectivity index (χ1n) is 6.02. The van der Waals surface area contributed by atoms with Crippen molar-refractivity contribution in [3.8, 4) is 0 Å². The fourth-order valence-corrected chi connectivity index (χ4v) is 1.60. The second kappa shape index (κ2) is 9.60. The summed E-state index contributed by atoms with van der Waals surface area (Å²) in [5.41, 5.74) is 0. The number of methoxy groups -OCH3 is 1. The van der Waals surface area contributed by atoms with Gasteiger partial charge >= 0.3 is 5.97 Å². The average Bonchev–Trinajstić information content (AvgIpc) is 2.21. The van der Waals surface area contributed by atoms with Crippen LogP contribution in [-0.4, -0.2) is 48.8 Å². The van der Waals surface area contributed by atoms with Gasteiger partial charge in [-0.25, -0.2) is 0 Å². The second-order valence-corrected chi connectivity index (χ2v) is 4.33. The van der Waals surface area contributed by atoms with Crippen LogP contribution in [0.25, 0.3) is 0 Å². The predicted molar refractivity (Wildman–Crippen MR) is 64.7 cm³/mol. The van der Waals surface area contributed by atoms with E-state index in [0.717, 1.165) is 39.0 Å². The van der Waals surface area contributed by atoms with Crippen molar-refractivity contribution in [3.05, 3.63) is 0 Å². The normalized spacial score (nSPS) is 11.3. The maximum atomic E-state index is 10.3. The molecule has 16 heavy (non-hydrogen) atoms. The molecular weight excluding hydrogens is 206 g/mol. The highest BCUT2D eigenvalue weighted by atomic mass is 16.5. The van der Waals surface area contributed by atoms with Gasteiger partial charge < -0.3 is 9.84 Å². The highest BCUT2D eigenvalue weighted by molar-refractivity contribution is 5.66. The molecule has 0 radical (unpaired) electrons. The molecule has 0 amide bonds. The molecule has 0 rings (SSSR count). The van der Waals surface area contributed by atoms with E-state index in [2.05, 4.69) is 18.7 Å². The van der Waals surface area contributed by atoms with Crippen molar-refractivity contribution in [2.24, 2.45) is 0 Å². The van der Waals surface area contributed by atoms with Crippen molar-refractivity contribution in [2.45, 2.75) is 45.6 Å². The first-order chi connectivity index (χ1) is 7.57. The van der Waals surface area contributed by atoms with Crippen molar-refractivity contribution in [1.82, 2.24) is 4.90 Å². The Bertz CT molecular complexity index is 183. The van der Waals surface area contributed by atoms with Gasteiger partial charge in [0.25, 0.3) is 0 Å². The zero-order valence-corrected chi connectivity index (χ0v) is 10.7. The van der Waals surface area contributed by atoms with E-state index in [4.69, 9.17) is 9.84 Å². The number of rotatable bonds is 10. The molecule has 0 saturated carbocycles. The molecule has 0 unspecified atom stereocenters. The summed E-state index contributed by atoms with van der Waals surface area (Å²) in [5, 5.41) is 8.50. The zero-order chi connectivity index (χ0) is 12.4. The molecule has 0 aliphatic heterocycles. The number of carbonyl (C=O) groups is 1. The molecule has 0 aromatic carbocycles. The van der Waals surface area contributed by atoms with E-state index in [1.807, 2.05) is 0 Å². The largest absolute Gasteiger partial charge is 0.481 e. The summed E-state index contributed by atoms with van der Waals surface area (Å²) in [6.45, 7) is 7.08. The van der Waals surface area contributed by atoms with Crippen molar-refractivity contribution in [1.29, 1.82) is 0 Å². The maximum absolute atomic E-state index is 10.3. The van der Waals surface area contributed by atoms with Gasteiger partial charge in [0, 0.05) is 26.1 Å². The first-order valence-corrected chi connectivity index (χ1v) is 6.02. The number of nitrogens with zero attached hydrogens (tertiary/aromatic N) is 1. The zero-order valence-electron chi connectivity index (χ0n) is 10.7. The molecule has 0 bridgehead atoms. The van der Waals surface area contributed by atoms with Crippen LogP contribution in [0.5, 0.6) is 0 Å². The number of hydrogen-bond donors (Lipinski definition) is 1. The van der Waals surface area contributed by atoms with Crippen LogP contribution >= 0.6 is 0 Å². The number of unbranched alkanes of at least 4 members (excludes halogenated alkanes) is 2. The van der Waals surface area contributed by atoms with E-state index in [0.29, 0.717) is 12.5 Å².